The van der Waals surface area contributed by atoms with Crippen molar-refractivity contribution in [3.05, 3.63) is 65.2 Å². The highest BCUT2D eigenvalue weighted by molar-refractivity contribution is 5.91. The van der Waals surface area contributed by atoms with E-state index in [1.165, 1.54) is 0 Å². The Morgan fingerprint density at radius 3 is 2.40 bits per heavy atom. The first kappa shape index (κ1) is 14.1. The van der Waals surface area contributed by atoms with Crippen LogP contribution in [-0.2, 0) is 11.2 Å². The van der Waals surface area contributed by atoms with E-state index in [4.69, 9.17) is 9.47 Å². The number of methoxy groups -OCH3 is 1. The van der Waals surface area contributed by atoms with Gasteiger partial charge in [-0.05, 0) is 42.7 Å². The van der Waals surface area contributed by atoms with Crippen molar-refractivity contribution in [2.75, 3.05) is 13.7 Å². The van der Waals surface area contributed by atoms with E-state index in [1.807, 2.05) is 49.4 Å². The highest BCUT2D eigenvalue weighted by Crippen LogP contribution is 2.18. The first-order valence-electron chi connectivity index (χ1n) is 6.62. The first-order valence-corrected chi connectivity index (χ1v) is 6.62. The van der Waals surface area contributed by atoms with Crippen LogP contribution in [0.15, 0.2) is 48.5 Å². The van der Waals surface area contributed by atoms with Crippen LogP contribution in [0.25, 0.3) is 0 Å². The zero-order valence-electron chi connectivity index (χ0n) is 11.8. The van der Waals surface area contributed by atoms with Crippen molar-refractivity contribution >= 4 is 5.97 Å². The number of hydrogen-bond donors (Lipinski definition) is 0. The second-order valence-corrected chi connectivity index (χ2v) is 4.40. The van der Waals surface area contributed by atoms with E-state index in [-0.39, 0.29) is 5.97 Å². The predicted molar refractivity (Wildman–Crippen MR) is 78.2 cm³/mol. The van der Waals surface area contributed by atoms with Gasteiger partial charge < -0.3 is 9.47 Å². The quantitative estimate of drug-likeness (QED) is 0.780. The molecule has 0 saturated carbocycles. The van der Waals surface area contributed by atoms with Crippen molar-refractivity contribution in [2.24, 2.45) is 0 Å². The Morgan fingerprint density at radius 1 is 1.05 bits per heavy atom. The molecule has 0 N–H and O–H groups in total. The average Bonchev–Trinajstić information content (AvgIpc) is 2.49. The molecule has 3 nitrogen and oxygen atoms in total. The van der Waals surface area contributed by atoms with Gasteiger partial charge in [0.2, 0.25) is 0 Å². The summed E-state index contributed by atoms with van der Waals surface area (Å²) in [6.45, 7) is 2.19. The fraction of sp³-hybridized carbons (Fsp3) is 0.235. The topological polar surface area (TPSA) is 35.5 Å². The molecule has 0 atom stereocenters. The Hall–Kier alpha value is -2.29. The first-order chi connectivity index (χ1) is 9.74. The van der Waals surface area contributed by atoms with E-state index < -0.39 is 0 Å². The maximum absolute atomic E-state index is 11.9. The third kappa shape index (κ3) is 3.38. The molecule has 20 heavy (non-hydrogen) atoms. The van der Waals surface area contributed by atoms with Crippen LogP contribution < -0.4 is 4.74 Å². The number of hydrogen-bond acceptors (Lipinski definition) is 3. The van der Waals surface area contributed by atoms with Crippen LogP contribution in [-0.4, -0.2) is 19.7 Å². The second-order valence-electron chi connectivity index (χ2n) is 4.40. The fourth-order valence-electron chi connectivity index (χ4n) is 2.05. The summed E-state index contributed by atoms with van der Waals surface area (Å²) in [5, 5.41) is 0. The maximum Gasteiger partial charge on any atom is 0.338 e. The van der Waals surface area contributed by atoms with E-state index in [9.17, 15) is 4.79 Å². The zero-order valence-corrected chi connectivity index (χ0v) is 11.8. The molecule has 0 radical (unpaired) electrons. The molecule has 0 aliphatic carbocycles. The number of carbonyl (C=O) groups excluding carboxylic acids is 1. The van der Waals surface area contributed by atoms with Gasteiger partial charge in [0.1, 0.15) is 5.75 Å². The van der Waals surface area contributed by atoms with E-state index in [2.05, 4.69) is 0 Å². The number of esters is 1. The van der Waals surface area contributed by atoms with Gasteiger partial charge >= 0.3 is 5.97 Å². The minimum absolute atomic E-state index is 0.267. The van der Waals surface area contributed by atoms with Crippen LogP contribution >= 0.6 is 0 Å². The summed E-state index contributed by atoms with van der Waals surface area (Å²) < 4.78 is 10.2. The van der Waals surface area contributed by atoms with Crippen LogP contribution in [0.4, 0.5) is 0 Å². The van der Waals surface area contributed by atoms with Gasteiger partial charge in [0.15, 0.2) is 0 Å². The van der Waals surface area contributed by atoms with Gasteiger partial charge in [-0.1, -0.05) is 30.3 Å². The Balaban J connectivity index is 2.21. The van der Waals surface area contributed by atoms with Gasteiger partial charge in [0, 0.05) is 0 Å². The molecule has 0 fully saturated rings. The van der Waals surface area contributed by atoms with Crippen LogP contribution in [0, 0.1) is 0 Å². The largest absolute Gasteiger partial charge is 0.497 e. The summed E-state index contributed by atoms with van der Waals surface area (Å²) in [5.41, 5.74) is 2.73. The number of carbonyl (C=O) groups is 1. The third-order valence-electron chi connectivity index (χ3n) is 3.07. The summed E-state index contributed by atoms with van der Waals surface area (Å²) in [4.78, 5) is 11.9. The predicted octanol–water partition coefficient (Wildman–Crippen LogP) is 3.46. The molecule has 3 heteroatoms. The fourth-order valence-corrected chi connectivity index (χ4v) is 2.05. The summed E-state index contributed by atoms with van der Waals surface area (Å²) in [6.07, 6.45) is 0.693. The van der Waals surface area contributed by atoms with Gasteiger partial charge in [0.05, 0.1) is 19.3 Å². The average molecular weight is 270 g/mol. The molecule has 0 spiro atoms. The Labute approximate surface area is 119 Å². The summed E-state index contributed by atoms with van der Waals surface area (Å²) in [7, 11) is 1.64. The van der Waals surface area contributed by atoms with Crippen molar-refractivity contribution in [3.63, 3.8) is 0 Å². The Morgan fingerprint density at radius 2 is 1.75 bits per heavy atom. The van der Waals surface area contributed by atoms with E-state index in [1.54, 1.807) is 13.2 Å². The molecule has 2 rings (SSSR count). The van der Waals surface area contributed by atoms with Crippen LogP contribution in [0.1, 0.15) is 28.4 Å². The van der Waals surface area contributed by atoms with Crippen molar-refractivity contribution in [2.45, 2.75) is 13.3 Å². The van der Waals surface area contributed by atoms with Crippen LogP contribution in [0.5, 0.6) is 5.75 Å². The summed E-state index contributed by atoms with van der Waals surface area (Å²) >= 11 is 0. The lowest BCUT2D eigenvalue weighted by Crippen LogP contribution is -2.08. The lowest BCUT2D eigenvalue weighted by atomic mass is 10.00. The van der Waals surface area contributed by atoms with Crippen molar-refractivity contribution in [3.8, 4) is 5.75 Å². The molecule has 0 unspecified atom stereocenters. The van der Waals surface area contributed by atoms with E-state index >= 15 is 0 Å². The minimum Gasteiger partial charge on any atom is -0.497 e. The smallest absolute Gasteiger partial charge is 0.338 e. The van der Waals surface area contributed by atoms with Gasteiger partial charge in [-0.2, -0.15) is 0 Å². The lowest BCUT2D eigenvalue weighted by molar-refractivity contribution is 0.0525. The third-order valence-corrected chi connectivity index (χ3v) is 3.07. The van der Waals surface area contributed by atoms with Gasteiger partial charge in [-0.15, -0.1) is 0 Å². The van der Waals surface area contributed by atoms with Gasteiger partial charge in [-0.3, -0.25) is 0 Å². The van der Waals surface area contributed by atoms with Gasteiger partial charge in [-0.25, -0.2) is 4.79 Å². The minimum atomic E-state index is -0.267. The number of rotatable bonds is 5. The summed E-state index contributed by atoms with van der Waals surface area (Å²) in [5.74, 6) is 0.559. The summed E-state index contributed by atoms with van der Waals surface area (Å²) in [6, 6.07) is 15.4. The zero-order chi connectivity index (χ0) is 14.4. The Kier molecular flexibility index (Phi) is 4.77. The highest BCUT2D eigenvalue weighted by Gasteiger charge is 2.11. The normalized spacial score (nSPS) is 10.1. The van der Waals surface area contributed by atoms with Crippen LogP contribution in [0.3, 0.4) is 0 Å². The molecule has 0 bridgehead atoms. The molecular weight excluding hydrogens is 252 g/mol. The molecule has 0 heterocycles. The van der Waals surface area contributed by atoms with E-state index in [0.29, 0.717) is 18.6 Å². The molecule has 0 aliphatic heterocycles. The molecular formula is C17H18O3. The van der Waals surface area contributed by atoms with Crippen LogP contribution in [0.2, 0.25) is 0 Å². The number of benzene rings is 2. The molecule has 0 saturated heterocycles. The molecule has 0 amide bonds. The number of ether oxygens (including phenoxy) is 2. The molecule has 2 aromatic carbocycles. The standard InChI is InChI=1S/C17H18O3/c1-3-20-17(18)16-7-5-4-6-14(16)12-13-8-10-15(19-2)11-9-13/h4-11H,3,12H2,1-2H3. The molecule has 104 valence electrons. The molecule has 0 aromatic heterocycles. The highest BCUT2D eigenvalue weighted by atomic mass is 16.5. The monoisotopic (exact) mass is 270 g/mol. The van der Waals surface area contributed by atoms with Crippen molar-refractivity contribution in [1.82, 2.24) is 0 Å². The van der Waals surface area contributed by atoms with Gasteiger partial charge in [0.25, 0.3) is 0 Å². The SMILES string of the molecule is CCOC(=O)c1ccccc1Cc1ccc(OC)cc1. The van der Waals surface area contributed by atoms with E-state index in [0.717, 1.165) is 16.9 Å². The second kappa shape index (κ2) is 6.75. The molecule has 2 aromatic rings. The maximum atomic E-state index is 11.9. The lowest BCUT2D eigenvalue weighted by Gasteiger charge is -2.09. The Bertz CT molecular complexity index is 573. The van der Waals surface area contributed by atoms with Crippen molar-refractivity contribution < 1.29 is 14.3 Å². The van der Waals surface area contributed by atoms with Crippen molar-refractivity contribution in [1.29, 1.82) is 0 Å². The molecule has 0 aliphatic rings.